The molecular formula is C12H20N4. The lowest BCUT2D eigenvalue weighted by molar-refractivity contribution is 0.409. The predicted octanol–water partition coefficient (Wildman–Crippen LogP) is 1.08. The Morgan fingerprint density at radius 2 is 2.31 bits per heavy atom. The Balaban J connectivity index is 2.06. The molecule has 4 heteroatoms. The number of nitrogens with one attached hydrogen (secondary N) is 1. The predicted molar refractivity (Wildman–Crippen MR) is 65.4 cm³/mol. The van der Waals surface area contributed by atoms with Crippen molar-refractivity contribution in [3.8, 4) is 0 Å². The first-order valence-corrected chi connectivity index (χ1v) is 5.70. The molecule has 1 heterocycles. The molecule has 0 saturated heterocycles. The van der Waals surface area contributed by atoms with Gasteiger partial charge in [0.2, 0.25) is 0 Å². The van der Waals surface area contributed by atoms with Crippen molar-refractivity contribution in [1.29, 1.82) is 0 Å². The summed E-state index contributed by atoms with van der Waals surface area (Å²) < 4.78 is 0. The van der Waals surface area contributed by atoms with E-state index in [2.05, 4.69) is 24.3 Å². The van der Waals surface area contributed by atoms with Crippen LogP contribution in [-0.2, 0) is 6.42 Å². The van der Waals surface area contributed by atoms with E-state index in [9.17, 15) is 0 Å². The van der Waals surface area contributed by atoms with Crippen LogP contribution in [0.15, 0.2) is 18.3 Å². The van der Waals surface area contributed by atoms with E-state index >= 15 is 0 Å². The second kappa shape index (κ2) is 4.03. The number of nitrogens with two attached hydrogens (primary N) is 2. The highest BCUT2D eigenvalue weighted by atomic mass is 15.2. The summed E-state index contributed by atoms with van der Waals surface area (Å²) in [4.78, 5) is 4.09. The highest BCUT2D eigenvalue weighted by Gasteiger charge is 2.49. The molecule has 0 aliphatic heterocycles. The fourth-order valence-corrected chi connectivity index (χ4v) is 2.37. The smallest absolute Gasteiger partial charge is 0.126 e. The topological polar surface area (TPSA) is 77.0 Å². The SMILES string of the molecule is CC1(C)CC1C(Cc1cccnc1N)NN. The van der Waals surface area contributed by atoms with E-state index in [0.29, 0.717) is 23.2 Å². The summed E-state index contributed by atoms with van der Waals surface area (Å²) in [5.74, 6) is 6.87. The van der Waals surface area contributed by atoms with E-state index in [1.165, 1.54) is 6.42 Å². The lowest BCUT2D eigenvalue weighted by Crippen LogP contribution is -2.39. The first kappa shape index (κ1) is 11.4. The molecule has 1 aliphatic carbocycles. The van der Waals surface area contributed by atoms with E-state index in [1.54, 1.807) is 6.20 Å². The highest BCUT2D eigenvalue weighted by molar-refractivity contribution is 5.39. The number of hydrogen-bond donors (Lipinski definition) is 3. The quantitative estimate of drug-likeness (QED) is 0.524. The van der Waals surface area contributed by atoms with Crippen LogP contribution in [0.4, 0.5) is 5.82 Å². The van der Waals surface area contributed by atoms with Gasteiger partial charge in [0.25, 0.3) is 0 Å². The van der Waals surface area contributed by atoms with Gasteiger partial charge in [-0.1, -0.05) is 19.9 Å². The molecule has 0 amide bonds. The summed E-state index contributed by atoms with van der Waals surface area (Å²) in [6.45, 7) is 4.54. The van der Waals surface area contributed by atoms with Crippen LogP contribution in [0.2, 0.25) is 0 Å². The molecule has 1 aromatic rings. The van der Waals surface area contributed by atoms with Gasteiger partial charge in [0, 0.05) is 12.2 Å². The van der Waals surface area contributed by atoms with Crippen molar-refractivity contribution in [2.45, 2.75) is 32.7 Å². The number of rotatable bonds is 4. The molecule has 4 nitrogen and oxygen atoms in total. The maximum atomic E-state index is 5.83. The number of hydrogen-bond acceptors (Lipinski definition) is 4. The third kappa shape index (κ3) is 2.18. The van der Waals surface area contributed by atoms with E-state index < -0.39 is 0 Å². The fourth-order valence-electron chi connectivity index (χ4n) is 2.37. The molecule has 1 saturated carbocycles. The van der Waals surface area contributed by atoms with Crippen molar-refractivity contribution >= 4 is 5.82 Å². The second-order valence-electron chi connectivity index (χ2n) is 5.32. The van der Waals surface area contributed by atoms with E-state index in [1.807, 2.05) is 12.1 Å². The Morgan fingerprint density at radius 1 is 1.62 bits per heavy atom. The van der Waals surface area contributed by atoms with E-state index in [0.717, 1.165) is 12.0 Å². The summed E-state index contributed by atoms with van der Waals surface area (Å²) in [7, 11) is 0. The fraction of sp³-hybridized carbons (Fsp3) is 0.583. The van der Waals surface area contributed by atoms with Gasteiger partial charge in [-0.25, -0.2) is 4.98 Å². The number of nitrogen functional groups attached to an aromatic ring is 1. The Labute approximate surface area is 96.4 Å². The van der Waals surface area contributed by atoms with Crippen LogP contribution in [0.5, 0.6) is 0 Å². The molecule has 0 radical (unpaired) electrons. The third-order valence-electron chi connectivity index (χ3n) is 3.66. The second-order valence-corrected chi connectivity index (χ2v) is 5.32. The van der Waals surface area contributed by atoms with Crippen molar-refractivity contribution in [3.05, 3.63) is 23.9 Å². The standard InChI is InChI=1S/C12H20N4/c1-12(2)7-9(12)10(16-14)6-8-4-3-5-15-11(8)13/h3-5,9-10,16H,6-7,14H2,1-2H3,(H2,13,15). The summed E-state index contributed by atoms with van der Waals surface area (Å²) in [5, 5.41) is 0. The molecule has 5 N–H and O–H groups in total. The summed E-state index contributed by atoms with van der Waals surface area (Å²) in [6, 6.07) is 4.22. The van der Waals surface area contributed by atoms with Crippen molar-refractivity contribution in [2.75, 3.05) is 5.73 Å². The third-order valence-corrected chi connectivity index (χ3v) is 3.66. The monoisotopic (exact) mass is 220 g/mol. The molecular weight excluding hydrogens is 200 g/mol. The number of hydrazine groups is 1. The summed E-state index contributed by atoms with van der Waals surface area (Å²) in [6.07, 6.45) is 3.79. The van der Waals surface area contributed by atoms with Crippen LogP contribution in [0, 0.1) is 11.3 Å². The first-order valence-electron chi connectivity index (χ1n) is 5.70. The molecule has 1 aliphatic rings. The number of anilines is 1. The minimum Gasteiger partial charge on any atom is -0.383 e. The van der Waals surface area contributed by atoms with Gasteiger partial charge in [-0.05, 0) is 35.8 Å². The Bertz CT molecular complexity index is 375. The molecule has 2 atom stereocenters. The summed E-state index contributed by atoms with van der Waals surface area (Å²) >= 11 is 0. The zero-order valence-electron chi connectivity index (χ0n) is 9.90. The zero-order chi connectivity index (χ0) is 11.8. The maximum absolute atomic E-state index is 5.83. The number of pyridine rings is 1. The largest absolute Gasteiger partial charge is 0.383 e. The molecule has 88 valence electrons. The Hall–Kier alpha value is -1.13. The van der Waals surface area contributed by atoms with Crippen LogP contribution >= 0.6 is 0 Å². The maximum Gasteiger partial charge on any atom is 0.126 e. The van der Waals surface area contributed by atoms with Gasteiger partial charge in [-0.2, -0.15) is 0 Å². The number of nitrogens with zero attached hydrogens (tertiary/aromatic N) is 1. The normalized spacial score (nSPS) is 24.1. The molecule has 0 aromatic carbocycles. The average Bonchev–Trinajstić information content (AvgIpc) is 2.86. The van der Waals surface area contributed by atoms with Crippen LogP contribution in [0.3, 0.4) is 0 Å². The van der Waals surface area contributed by atoms with E-state index in [-0.39, 0.29) is 0 Å². The average molecular weight is 220 g/mol. The molecule has 2 rings (SSSR count). The molecule has 16 heavy (non-hydrogen) atoms. The van der Waals surface area contributed by atoms with Crippen molar-refractivity contribution in [1.82, 2.24) is 10.4 Å². The lowest BCUT2D eigenvalue weighted by atomic mass is 9.98. The zero-order valence-corrected chi connectivity index (χ0v) is 9.90. The number of aromatic nitrogens is 1. The van der Waals surface area contributed by atoms with Crippen LogP contribution < -0.4 is 17.0 Å². The van der Waals surface area contributed by atoms with Crippen LogP contribution in [0.25, 0.3) is 0 Å². The molecule has 0 bridgehead atoms. The van der Waals surface area contributed by atoms with Crippen molar-refractivity contribution < 1.29 is 0 Å². The molecule has 1 fully saturated rings. The van der Waals surface area contributed by atoms with Gasteiger partial charge in [0.05, 0.1) is 0 Å². The van der Waals surface area contributed by atoms with Gasteiger partial charge < -0.3 is 5.73 Å². The van der Waals surface area contributed by atoms with Gasteiger partial charge in [-0.3, -0.25) is 11.3 Å². The summed E-state index contributed by atoms with van der Waals surface area (Å²) in [5.41, 5.74) is 10.2. The van der Waals surface area contributed by atoms with Crippen LogP contribution in [-0.4, -0.2) is 11.0 Å². The highest BCUT2D eigenvalue weighted by Crippen LogP contribution is 2.53. The molecule has 2 unspecified atom stereocenters. The van der Waals surface area contributed by atoms with Gasteiger partial charge >= 0.3 is 0 Å². The molecule has 0 spiro atoms. The van der Waals surface area contributed by atoms with Gasteiger partial charge in [0.1, 0.15) is 5.82 Å². The van der Waals surface area contributed by atoms with Crippen molar-refractivity contribution in [2.24, 2.45) is 17.2 Å². The Kier molecular flexibility index (Phi) is 2.86. The van der Waals surface area contributed by atoms with Crippen molar-refractivity contribution in [3.63, 3.8) is 0 Å². The van der Waals surface area contributed by atoms with E-state index in [4.69, 9.17) is 11.6 Å². The van der Waals surface area contributed by atoms with Gasteiger partial charge in [-0.15, -0.1) is 0 Å². The lowest BCUT2D eigenvalue weighted by Gasteiger charge is -2.18. The first-order chi connectivity index (χ1) is 7.54. The Morgan fingerprint density at radius 3 is 2.81 bits per heavy atom. The van der Waals surface area contributed by atoms with Crippen LogP contribution in [0.1, 0.15) is 25.8 Å². The minimum absolute atomic E-state index is 0.293. The molecule has 1 aromatic heterocycles. The van der Waals surface area contributed by atoms with Gasteiger partial charge in [0.15, 0.2) is 0 Å². The minimum atomic E-state index is 0.293.